The molecular weight excluding hydrogens is 328 g/mol. The molecule has 0 saturated carbocycles. The highest BCUT2D eigenvalue weighted by molar-refractivity contribution is 5.76. The summed E-state index contributed by atoms with van der Waals surface area (Å²) in [5, 5.41) is 7.11. The minimum Gasteiger partial charge on any atom is -0.370 e. The maximum absolute atomic E-state index is 12.3. The van der Waals surface area contributed by atoms with Gasteiger partial charge in [0.25, 0.3) is 5.56 Å². The van der Waals surface area contributed by atoms with Crippen molar-refractivity contribution in [3.8, 4) is 0 Å². The molecule has 1 aliphatic rings. The third-order valence-corrected chi connectivity index (χ3v) is 4.92. The van der Waals surface area contributed by atoms with E-state index in [-0.39, 0.29) is 11.5 Å². The summed E-state index contributed by atoms with van der Waals surface area (Å²) < 4.78 is 1.32. The Labute approximate surface area is 153 Å². The van der Waals surface area contributed by atoms with Crippen LogP contribution in [0.5, 0.6) is 0 Å². The highest BCUT2D eigenvalue weighted by Crippen LogP contribution is 2.23. The monoisotopic (exact) mass is 354 g/mol. The molecule has 6 heteroatoms. The van der Waals surface area contributed by atoms with Crippen LogP contribution >= 0.6 is 0 Å². The SMILES string of the molecule is Cc1ccc(CNC(=O)CC2CCCN(c3cnn(C)c(=O)c3)C2)cc1. The predicted molar refractivity (Wildman–Crippen MR) is 102 cm³/mol. The molecule has 1 unspecified atom stereocenters. The quantitative estimate of drug-likeness (QED) is 0.892. The Morgan fingerprint density at radius 1 is 1.31 bits per heavy atom. The lowest BCUT2D eigenvalue weighted by Gasteiger charge is -2.33. The Hall–Kier alpha value is -2.63. The predicted octanol–water partition coefficient (Wildman–Crippen LogP) is 2.01. The van der Waals surface area contributed by atoms with E-state index in [1.54, 1.807) is 19.3 Å². The number of carbonyl (C=O) groups excluding carboxylic acids is 1. The fourth-order valence-corrected chi connectivity index (χ4v) is 3.34. The molecule has 1 saturated heterocycles. The number of hydrogen-bond acceptors (Lipinski definition) is 4. The summed E-state index contributed by atoms with van der Waals surface area (Å²) in [5.74, 6) is 0.380. The zero-order valence-electron chi connectivity index (χ0n) is 15.4. The van der Waals surface area contributed by atoms with Gasteiger partial charge in [-0.3, -0.25) is 9.59 Å². The van der Waals surface area contributed by atoms with Crippen molar-refractivity contribution < 1.29 is 4.79 Å². The van der Waals surface area contributed by atoms with Crippen molar-refractivity contribution in [1.29, 1.82) is 0 Å². The van der Waals surface area contributed by atoms with E-state index in [4.69, 9.17) is 0 Å². The molecule has 1 aromatic carbocycles. The fraction of sp³-hybridized carbons (Fsp3) is 0.450. The van der Waals surface area contributed by atoms with E-state index in [1.165, 1.54) is 10.2 Å². The molecule has 1 fully saturated rings. The molecular formula is C20H26N4O2. The largest absolute Gasteiger partial charge is 0.370 e. The van der Waals surface area contributed by atoms with Gasteiger partial charge >= 0.3 is 0 Å². The zero-order chi connectivity index (χ0) is 18.5. The maximum atomic E-state index is 12.3. The number of rotatable bonds is 5. The molecule has 0 bridgehead atoms. The molecule has 0 radical (unpaired) electrons. The van der Waals surface area contributed by atoms with Gasteiger partial charge in [0, 0.05) is 39.2 Å². The van der Waals surface area contributed by atoms with Gasteiger partial charge in [0.05, 0.1) is 11.9 Å². The van der Waals surface area contributed by atoms with Crippen molar-refractivity contribution in [2.24, 2.45) is 13.0 Å². The number of nitrogens with one attached hydrogen (secondary N) is 1. The van der Waals surface area contributed by atoms with E-state index in [2.05, 4.69) is 34.4 Å². The van der Waals surface area contributed by atoms with Crippen LogP contribution < -0.4 is 15.8 Å². The second kappa shape index (κ2) is 8.17. The van der Waals surface area contributed by atoms with Gasteiger partial charge < -0.3 is 10.2 Å². The average molecular weight is 354 g/mol. The Balaban J connectivity index is 1.52. The molecule has 1 amide bonds. The Morgan fingerprint density at radius 2 is 2.08 bits per heavy atom. The van der Waals surface area contributed by atoms with E-state index in [0.29, 0.717) is 18.9 Å². The zero-order valence-corrected chi connectivity index (χ0v) is 15.4. The lowest BCUT2D eigenvalue weighted by atomic mass is 9.94. The summed E-state index contributed by atoms with van der Waals surface area (Å²) >= 11 is 0. The smallest absolute Gasteiger partial charge is 0.268 e. The fourth-order valence-electron chi connectivity index (χ4n) is 3.34. The van der Waals surface area contributed by atoms with Crippen LogP contribution in [0.15, 0.2) is 41.3 Å². The van der Waals surface area contributed by atoms with Crippen LogP contribution in [0, 0.1) is 12.8 Å². The molecule has 138 valence electrons. The van der Waals surface area contributed by atoms with Crippen molar-refractivity contribution in [1.82, 2.24) is 15.1 Å². The summed E-state index contributed by atoms with van der Waals surface area (Å²) in [6.07, 6.45) is 4.29. The number of nitrogens with zero attached hydrogens (tertiary/aromatic N) is 3. The molecule has 26 heavy (non-hydrogen) atoms. The van der Waals surface area contributed by atoms with Crippen molar-refractivity contribution in [2.75, 3.05) is 18.0 Å². The highest BCUT2D eigenvalue weighted by Gasteiger charge is 2.23. The molecule has 0 aliphatic carbocycles. The van der Waals surface area contributed by atoms with Crippen LogP contribution in [0.25, 0.3) is 0 Å². The van der Waals surface area contributed by atoms with Crippen LogP contribution in [0.2, 0.25) is 0 Å². The van der Waals surface area contributed by atoms with E-state index in [1.807, 2.05) is 12.1 Å². The minimum atomic E-state index is -0.111. The number of carbonyl (C=O) groups is 1. The van der Waals surface area contributed by atoms with Crippen LogP contribution in [0.3, 0.4) is 0 Å². The first-order chi connectivity index (χ1) is 12.5. The van der Waals surface area contributed by atoms with Gasteiger partial charge in [-0.2, -0.15) is 5.10 Å². The molecule has 0 spiro atoms. The topological polar surface area (TPSA) is 67.2 Å². The number of piperidine rings is 1. The van der Waals surface area contributed by atoms with E-state index in [9.17, 15) is 9.59 Å². The second-order valence-electron chi connectivity index (χ2n) is 7.10. The number of benzene rings is 1. The number of hydrogen-bond donors (Lipinski definition) is 1. The number of aromatic nitrogens is 2. The van der Waals surface area contributed by atoms with Crippen molar-refractivity contribution in [3.05, 3.63) is 58.0 Å². The van der Waals surface area contributed by atoms with Gasteiger partial charge in [-0.25, -0.2) is 4.68 Å². The first-order valence-electron chi connectivity index (χ1n) is 9.12. The second-order valence-corrected chi connectivity index (χ2v) is 7.10. The lowest BCUT2D eigenvalue weighted by Crippen LogP contribution is -2.38. The van der Waals surface area contributed by atoms with E-state index in [0.717, 1.165) is 37.2 Å². The summed E-state index contributed by atoms with van der Waals surface area (Å²) in [7, 11) is 1.64. The van der Waals surface area contributed by atoms with Gasteiger partial charge in [-0.05, 0) is 31.2 Å². The maximum Gasteiger partial charge on any atom is 0.268 e. The summed E-state index contributed by atoms with van der Waals surface area (Å²) in [6.45, 7) is 4.30. The van der Waals surface area contributed by atoms with Gasteiger partial charge in [-0.15, -0.1) is 0 Å². The van der Waals surface area contributed by atoms with Crippen LogP contribution in [-0.2, 0) is 18.4 Å². The molecule has 3 rings (SSSR count). The van der Waals surface area contributed by atoms with Crippen LogP contribution in [0.4, 0.5) is 5.69 Å². The molecule has 2 heterocycles. The Kier molecular flexibility index (Phi) is 5.71. The van der Waals surface area contributed by atoms with Gasteiger partial charge in [-0.1, -0.05) is 29.8 Å². The van der Waals surface area contributed by atoms with Crippen LogP contribution in [0.1, 0.15) is 30.4 Å². The van der Waals surface area contributed by atoms with Crippen molar-refractivity contribution in [3.63, 3.8) is 0 Å². The molecule has 2 aromatic rings. The molecule has 1 aliphatic heterocycles. The normalized spacial score (nSPS) is 17.2. The number of aryl methyl sites for hydroxylation is 2. The van der Waals surface area contributed by atoms with Crippen LogP contribution in [-0.4, -0.2) is 28.8 Å². The molecule has 6 nitrogen and oxygen atoms in total. The van der Waals surface area contributed by atoms with E-state index >= 15 is 0 Å². The molecule has 1 N–H and O–H groups in total. The first kappa shape index (κ1) is 18.2. The van der Waals surface area contributed by atoms with E-state index < -0.39 is 0 Å². The minimum absolute atomic E-state index is 0.0829. The van der Waals surface area contributed by atoms with Gasteiger partial charge in [0.15, 0.2) is 0 Å². The summed E-state index contributed by atoms with van der Waals surface area (Å²) in [6, 6.07) is 9.81. The Bertz CT molecular complexity index is 813. The van der Waals surface area contributed by atoms with Crippen molar-refractivity contribution >= 4 is 11.6 Å². The standard InChI is InChI=1S/C20H26N4O2/c1-15-5-7-16(8-6-15)12-21-19(25)10-17-4-3-9-24(14-17)18-11-20(26)23(2)22-13-18/h5-8,11,13,17H,3-4,9-10,12,14H2,1-2H3,(H,21,25). The first-order valence-corrected chi connectivity index (χ1v) is 9.12. The highest BCUT2D eigenvalue weighted by atomic mass is 16.1. The molecule has 1 atom stereocenters. The third-order valence-electron chi connectivity index (χ3n) is 4.92. The third kappa shape index (κ3) is 4.71. The summed E-state index contributed by atoms with van der Waals surface area (Å²) in [4.78, 5) is 26.3. The summed E-state index contributed by atoms with van der Waals surface area (Å²) in [5.41, 5.74) is 3.06. The number of amides is 1. The molecule has 1 aromatic heterocycles. The number of anilines is 1. The van der Waals surface area contributed by atoms with Crippen molar-refractivity contribution in [2.45, 2.75) is 32.7 Å². The van der Waals surface area contributed by atoms with Gasteiger partial charge in [0.2, 0.25) is 5.91 Å². The lowest BCUT2D eigenvalue weighted by molar-refractivity contribution is -0.122. The average Bonchev–Trinajstić information content (AvgIpc) is 2.64. The van der Waals surface area contributed by atoms with Gasteiger partial charge in [0.1, 0.15) is 0 Å². The Morgan fingerprint density at radius 3 is 2.81 bits per heavy atom.